The fraction of sp³-hybridized carbons (Fsp3) is 0.167. The van der Waals surface area contributed by atoms with E-state index in [0.717, 1.165) is 23.3 Å². The average molecular weight is 439 g/mol. The fourth-order valence-corrected chi connectivity index (χ4v) is 3.54. The predicted octanol–water partition coefficient (Wildman–Crippen LogP) is 4.33. The van der Waals surface area contributed by atoms with Crippen LogP contribution in [0.15, 0.2) is 73.1 Å². The second-order valence-corrected chi connectivity index (χ2v) is 7.32. The number of halogens is 3. The van der Waals surface area contributed by atoms with Crippen molar-refractivity contribution in [3.05, 3.63) is 95.4 Å². The number of aromatic nitrogens is 2. The fourth-order valence-electron chi connectivity index (χ4n) is 3.54. The molecule has 0 unspecified atom stereocenters. The predicted molar refractivity (Wildman–Crippen MR) is 114 cm³/mol. The monoisotopic (exact) mass is 439 g/mol. The van der Waals surface area contributed by atoms with Gasteiger partial charge in [0, 0.05) is 36.5 Å². The lowest BCUT2D eigenvalue weighted by atomic mass is 10.0. The molecule has 0 aliphatic heterocycles. The molecule has 0 aliphatic carbocycles. The number of pyridine rings is 1. The van der Waals surface area contributed by atoms with Gasteiger partial charge in [0.1, 0.15) is 5.65 Å². The first-order valence-corrected chi connectivity index (χ1v) is 9.97. The molecular weight excluding hydrogens is 419 g/mol. The van der Waals surface area contributed by atoms with Crippen molar-refractivity contribution in [2.45, 2.75) is 12.6 Å². The molecule has 0 bridgehead atoms. The second-order valence-electron chi connectivity index (χ2n) is 7.32. The number of aliphatic hydroxyl groups is 1. The summed E-state index contributed by atoms with van der Waals surface area (Å²) in [6.07, 6.45) is -0.526. The molecule has 2 heterocycles. The molecule has 0 spiro atoms. The number of hydrogen-bond donors (Lipinski definition) is 2. The molecule has 32 heavy (non-hydrogen) atoms. The van der Waals surface area contributed by atoms with Crippen LogP contribution < -0.4 is 5.32 Å². The average Bonchev–Trinajstić information content (AvgIpc) is 3.19. The van der Waals surface area contributed by atoms with Gasteiger partial charge in [0.25, 0.3) is 5.91 Å². The summed E-state index contributed by atoms with van der Waals surface area (Å²) < 4.78 is 40.9. The molecule has 4 aromatic rings. The van der Waals surface area contributed by atoms with E-state index in [-0.39, 0.29) is 25.5 Å². The highest BCUT2D eigenvalue weighted by molar-refractivity contribution is 5.96. The Morgan fingerprint density at radius 2 is 1.88 bits per heavy atom. The normalized spacial score (nSPS) is 11.6. The number of hydrogen-bond acceptors (Lipinski definition) is 3. The maximum atomic E-state index is 13.0. The topological polar surface area (TPSA) is 66.6 Å². The van der Waals surface area contributed by atoms with Crippen LogP contribution in [-0.4, -0.2) is 33.6 Å². The summed E-state index contributed by atoms with van der Waals surface area (Å²) in [4.78, 5) is 16.9. The van der Waals surface area contributed by atoms with Gasteiger partial charge < -0.3 is 14.8 Å². The van der Waals surface area contributed by atoms with Crippen LogP contribution in [0.1, 0.15) is 27.2 Å². The molecule has 164 valence electrons. The van der Waals surface area contributed by atoms with E-state index in [0.29, 0.717) is 22.5 Å². The van der Waals surface area contributed by atoms with Crippen LogP contribution in [0.4, 0.5) is 13.2 Å². The van der Waals surface area contributed by atoms with Crippen molar-refractivity contribution in [2.24, 2.45) is 0 Å². The van der Waals surface area contributed by atoms with E-state index in [1.807, 2.05) is 28.8 Å². The lowest BCUT2D eigenvalue weighted by Gasteiger charge is -2.08. The van der Waals surface area contributed by atoms with Crippen molar-refractivity contribution in [3.63, 3.8) is 0 Å². The zero-order valence-electron chi connectivity index (χ0n) is 16.9. The van der Waals surface area contributed by atoms with Crippen molar-refractivity contribution in [2.75, 3.05) is 13.2 Å². The van der Waals surface area contributed by atoms with Gasteiger partial charge in [-0.2, -0.15) is 13.2 Å². The number of carbonyl (C=O) groups is 1. The second kappa shape index (κ2) is 8.84. The summed E-state index contributed by atoms with van der Waals surface area (Å²) in [6.45, 7) is 0.0191. The summed E-state index contributed by atoms with van der Waals surface area (Å²) in [5.41, 5.74) is 3.14. The van der Waals surface area contributed by atoms with Crippen molar-refractivity contribution in [1.29, 1.82) is 0 Å². The van der Waals surface area contributed by atoms with E-state index in [1.54, 1.807) is 30.5 Å². The lowest BCUT2D eigenvalue weighted by Crippen LogP contribution is -2.26. The molecule has 1 amide bonds. The van der Waals surface area contributed by atoms with Crippen LogP contribution in [0.3, 0.4) is 0 Å². The Bertz CT molecular complexity index is 1260. The molecule has 0 radical (unpaired) electrons. The number of rotatable bonds is 6. The van der Waals surface area contributed by atoms with Gasteiger partial charge in [0.05, 0.1) is 17.9 Å². The number of aliphatic hydroxyl groups excluding tert-OH is 1. The van der Waals surface area contributed by atoms with E-state index in [9.17, 15) is 18.0 Å². The summed E-state index contributed by atoms with van der Waals surface area (Å²) in [6, 6.07) is 16.0. The molecule has 4 rings (SSSR count). The van der Waals surface area contributed by atoms with Crippen molar-refractivity contribution < 1.29 is 23.1 Å². The quantitative estimate of drug-likeness (QED) is 0.470. The largest absolute Gasteiger partial charge is 0.416 e. The van der Waals surface area contributed by atoms with Crippen LogP contribution in [0.2, 0.25) is 0 Å². The third kappa shape index (κ3) is 4.65. The summed E-state index contributed by atoms with van der Waals surface area (Å²) in [5.74, 6) is -0.290. The van der Waals surface area contributed by atoms with E-state index in [1.165, 1.54) is 6.07 Å². The number of nitrogens with zero attached hydrogens (tertiary/aromatic N) is 2. The minimum absolute atomic E-state index is 0.145. The van der Waals surface area contributed by atoms with Gasteiger partial charge in [-0.3, -0.25) is 4.79 Å². The molecule has 8 heteroatoms. The Morgan fingerprint density at radius 3 is 2.66 bits per heavy atom. The Labute approximate surface area is 182 Å². The number of carbonyl (C=O) groups excluding carboxylic acids is 1. The number of alkyl halides is 3. The smallest absolute Gasteiger partial charge is 0.395 e. The Hall–Kier alpha value is -3.65. The van der Waals surface area contributed by atoms with Gasteiger partial charge in [0.2, 0.25) is 0 Å². The highest BCUT2D eigenvalue weighted by atomic mass is 19.4. The van der Waals surface area contributed by atoms with Gasteiger partial charge in [-0.15, -0.1) is 0 Å². The highest BCUT2D eigenvalue weighted by Crippen LogP contribution is 2.30. The molecule has 0 atom stereocenters. The third-order valence-electron chi connectivity index (χ3n) is 5.01. The Kier molecular flexibility index (Phi) is 5.96. The Morgan fingerprint density at radius 1 is 1.06 bits per heavy atom. The zero-order chi connectivity index (χ0) is 22.7. The minimum Gasteiger partial charge on any atom is -0.395 e. The molecule has 5 nitrogen and oxygen atoms in total. The third-order valence-corrected chi connectivity index (χ3v) is 5.01. The zero-order valence-corrected chi connectivity index (χ0v) is 16.9. The van der Waals surface area contributed by atoms with Crippen LogP contribution >= 0.6 is 0 Å². The van der Waals surface area contributed by atoms with Gasteiger partial charge in [0.15, 0.2) is 0 Å². The van der Waals surface area contributed by atoms with Crippen LogP contribution in [0, 0.1) is 0 Å². The van der Waals surface area contributed by atoms with Crippen LogP contribution in [-0.2, 0) is 12.6 Å². The summed E-state index contributed by atoms with van der Waals surface area (Å²) >= 11 is 0. The molecule has 2 aromatic heterocycles. The van der Waals surface area contributed by atoms with Crippen LogP contribution in [0.5, 0.6) is 0 Å². The van der Waals surface area contributed by atoms with Crippen molar-refractivity contribution in [1.82, 2.24) is 14.7 Å². The van der Waals surface area contributed by atoms with Gasteiger partial charge >= 0.3 is 6.18 Å². The lowest BCUT2D eigenvalue weighted by molar-refractivity contribution is -0.137. The van der Waals surface area contributed by atoms with Crippen LogP contribution in [0.25, 0.3) is 16.8 Å². The molecule has 2 N–H and O–H groups in total. The molecular formula is C24H20F3N3O2. The molecule has 2 aromatic carbocycles. The maximum Gasteiger partial charge on any atom is 0.416 e. The minimum atomic E-state index is -4.39. The molecule has 0 aliphatic rings. The number of benzene rings is 2. The van der Waals surface area contributed by atoms with Crippen molar-refractivity contribution in [3.8, 4) is 11.1 Å². The maximum absolute atomic E-state index is 13.0. The van der Waals surface area contributed by atoms with Gasteiger partial charge in [-0.1, -0.05) is 30.3 Å². The molecule has 0 saturated carbocycles. The Balaban J connectivity index is 1.66. The van der Waals surface area contributed by atoms with E-state index < -0.39 is 11.7 Å². The van der Waals surface area contributed by atoms with Gasteiger partial charge in [-0.05, 0) is 41.5 Å². The first-order chi connectivity index (χ1) is 15.3. The highest BCUT2D eigenvalue weighted by Gasteiger charge is 2.30. The summed E-state index contributed by atoms with van der Waals surface area (Å²) in [7, 11) is 0. The number of amides is 1. The van der Waals surface area contributed by atoms with E-state index >= 15 is 0 Å². The molecule has 0 fully saturated rings. The van der Waals surface area contributed by atoms with Crippen molar-refractivity contribution >= 4 is 11.6 Å². The molecule has 0 saturated heterocycles. The SMILES string of the molecule is O=C(NCCO)c1cccc(-c2cccn3cc(Cc4cccc(C(F)(F)F)c4)nc23)c1. The first-order valence-electron chi connectivity index (χ1n) is 9.97. The summed E-state index contributed by atoms with van der Waals surface area (Å²) in [5, 5.41) is 11.5. The number of nitrogens with one attached hydrogen (secondary N) is 1. The van der Waals surface area contributed by atoms with E-state index in [2.05, 4.69) is 10.3 Å². The number of imidazole rings is 1. The van der Waals surface area contributed by atoms with Gasteiger partial charge in [-0.25, -0.2) is 4.98 Å². The first kappa shape index (κ1) is 21.6. The number of fused-ring (bicyclic) bond motifs is 1. The standard InChI is InChI=1S/C24H20F3N3O2/c25-24(26,27)19-7-1-4-16(12-19)13-20-15-30-10-3-8-21(22(30)29-20)17-5-2-6-18(14-17)23(32)28-9-11-31/h1-8,10,12,14-15,31H,9,11,13H2,(H,28,32). The van der Waals surface area contributed by atoms with E-state index in [4.69, 9.17) is 5.11 Å².